The Labute approximate surface area is 150 Å². The number of nitrogens with zero attached hydrogens (tertiary/aromatic N) is 1. The molecule has 1 atom stereocenters. The Morgan fingerprint density at radius 3 is 2.73 bits per heavy atom. The lowest BCUT2D eigenvalue weighted by atomic mass is 10.1. The number of amides is 1. The van der Waals surface area contributed by atoms with Gasteiger partial charge in [-0.15, -0.1) is 0 Å². The molecule has 1 aliphatic heterocycles. The van der Waals surface area contributed by atoms with Gasteiger partial charge in [-0.25, -0.2) is 0 Å². The third-order valence-corrected chi connectivity index (χ3v) is 4.40. The quantitative estimate of drug-likeness (QED) is 0.787. The maximum atomic E-state index is 12.8. The van der Waals surface area contributed by atoms with Gasteiger partial charge in [-0.05, 0) is 23.8 Å². The van der Waals surface area contributed by atoms with Gasteiger partial charge in [0, 0.05) is 30.6 Å². The second-order valence-corrected chi connectivity index (χ2v) is 6.26. The summed E-state index contributed by atoms with van der Waals surface area (Å²) >= 11 is 0. The number of likely N-dealkylation sites (N-methyl/N-ethyl adjacent to an activating group) is 1. The molecule has 1 aliphatic rings. The summed E-state index contributed by atoms with van der Waals surface area (Å²) in [4.78, 5) is 29.0. The van der Waals surface area contributed by atoms with Crippen molar-refractivity contribution < 1.29 is 14.3 Å². The topological polar surface area (TPSA) is 71.6 Å². The van der Waals surface area contributed by atoms with Crippen LogP contribution in [0.1, 0.15) is 5.56 Å². The molecule has 26 heavy (non-hydrogen) atoms. The monoisotopic (exact) mass is 350 g/mol. The lowest BCUT2D eigenvalue weighted by molar-refractivity contribution is -0.140. The molecule has 6 heteroatoms. The molecule has 0 unspecified atom stereocenters. The third kappa shape index (κ3) is 3.01. The zero-order valence-electron chi connectivity index (χ0n) is 14.3. The van der Waals surface area contributed by atoms with Crippen LogP contribution < -0.4 is 15.0 Å². The van der Waals surface area contributed by atoms with Gasteiger partial charge < -0.3 is 19.4 Å². The highest BCUT2D eigenvalue weighted by Gasteiger charge is 2.29. The molecule has 0 saturated heterocycles. The van der Waals surface area contributed by atoms with Crippen LogP contribution in [0.15, 0.2) is 59.4 Å². The highest BCUT2D eigenvalue weighted by molar-refractivity contribution is 5.84. The molecule has 0 bridgehead atoms. The van der Waals surface area contributed by atoms with E-state index in [2.05, 4.69) is 4.98 Å². The number of aromatic amines is 1. The number of H-pyrrole nitrogens is 1. The van der Waals surface area contributed by atoms with Crippen molar-refractivity contribution in [1.82, 2.24) is 9.88 Å². The van der Waals surface area contributed by atoms with Crippen molar-refractivity contribution in [2.24, 2.45) is 0 Å². The van der Waals surface area contributed by atoms with Gasteiger partial charge in [0.2, 0.25) is 11.7 Å². The molecular weight excluding hydrogens is 332 g/mol. The predicted molar refractivity (Wildman–Crippen MR) is 97.4 cm³/mol. The average Bonchev–Trinajstić information content (AvgIpc) is 2.66. The maximum absolute atomic E-state index is 12.8. The number of hydrogen-bond acceptors (Lipinski definition) is 4. The molecule has 0 spiro atoms. The fraction of sp³-hybridized carbons (Fsp3) is 0.200. The first kappa shape index (κ1) is 16.2. The van der Waals surface area contributed by atoms with Crippen molar-refractivity contribution in [1.29, 1.82) is 0 Å². The molecule has 1 N–H and O–H groups in total. The van der Waals surface area contributed by atoms with E-state index >= 15 is 0 Å². The summed E-state index contributed by atoms with van der Waals surface area (Å²) in [5.74, 6) is 1.01. The molecular formula is C20H18N2O4. The minimum absolute atomic E-state index is 0.163. The summed E-state index contributed by atoms with van der Waals surface area (Å²) < 4.78 is 11.4. The summed E-state index contributed by atoms with van der Waals surface area (Å²) in [5, 5.41) is 0.915. The largest absolute Gasteiger partial charge is 0.485 e. The fourth-order valence-corrected chi connectivity index (χ4v) is 3.13. The molecule has 1 aromatic heterocycles. The Balaban J connectivity index is 1.55. The Morgan fingerprint density at radius 2 is 1.88 bits per heavy atom. The van der Waals surface area contributed by atoms with Crippen LogP contribution in [0.4, 0.5) is 0 Å². The van der Waals surface area contributed by atoms with E-state index in [1.165, 1.54) is 6.07 Å². The van der Waals surface area contributed by atoms with Gasteiger partial charge in [-0.1, -0.05) is 30.3 Å². The number of nitrogens with one attached hydrogen (secondary N) is 1. The molecule has 2 aromatic carbocycles. The van der Waals surface area contributed by atoms with Crippen molar-refractivity contribution in [3.63, 3.8) is 0 Å². The number of benzene rings is 2. The van der Waals surface area contributed by atoms with E-state index in [0.717, 1.165) is 16.5 Å². The number of pyridine rings is 1. The predicted octanol–water partition coefficient (Wildman–Crippen LogP) is 2.33. The first-order chi connectivity index (χ1) is 12.6. The molecule has 2 heterocycles. The first-order valence-electron chi connectivity index (χ1n) is 8.36. The molecule has 0 saturated carbocycles. The molecule has 6 nitrogen and oxygen atoms in total. The van der Waals surface area contributed by atoms with Crippen molar-refractivity contribution in [3.8, 4) is 11.5 Å². The van der Waals surface area contributed by atoms with Gasteiger partial charge in [-0.2, -0.15) is 0 Å². The van der Waals surface area contributed by atoms with Gasteiger partial charge in [0.05, 0.1) is 0 Å². The van der Waals surface area contributed by atoms with Crippen LogP contribution in [0.25, 0.3) is 10.9 Å². The lowest BCUT2D eigenvalue weighted by Crippen LogP contribution is -2.44. The van der Waals surface area contributed by atoms with Crippen LogP contribution in [0, 0.1) is 0 Å². The van der Waals surface area contributed by atoms with Crippen molar-refractivity contribution in [2.45, 2.75) is 12.6 Å². The van der Waals surface area contributed by atoms with E-state index < -0.39 is 6.10 Å². The zero-order chi connectivity index (χ0) is 18.1. The standard InChI is InChI=1S/C20H18N2O4/c1-22(11-13-10-19(23)21-15-7-3-2-6-14(13)15)20(24)18-12-25-16-8-4-5-9-17(16)26-18/h2-10,18H,11-12H2,1H3,(H,21,23)/t18-/m1/s1. The lowest BCUT2D eigenvalue weighted by Gasteiger charge is -2.29. The van der Waals surface area contributed by atoms with Gasteiger partial charge in [0.1, 0.15) is 6.61 Å². The van der Waals surface area contributed by atoms with Gasteiger partial charge in [0.15, 0.2) is 11.5 Å². The Hall–Kier alpha value is -3.28. The number of carbonyl (C=O) groups excluding carboxylic acids is 1. The summed E-state index contributed by atoms with van der Waals surface area (Å²) in [6.45, 7) is 0.473. The van der Waals surface area contributed by atoms with Gasteiger partial charge in [-0.3, -0.25) is 9.59 Å². The van der Waals surface area contributed by atoms with Crippen LogP contribution in [-0.2, 0) is 11.3 Å². The Kier molecular flexibility index (Phi) is 4.08. The number of hydrogen-bond donors (Lipinski definition) is 1. The third-order valence-electron chi connectivity index (χ3n) is 4.40. The molecule has 1 amide bonds. The number of rotatable bonds is 3. The number of fused-ring (bicyclic) bond motifs is 2. The van der Waals surface area contributed by atoms with E-state index in [0.29, 0.717) is 18.0 Å². The van der Waals surface area contributed by atoms with Crippen molar-refractivity contribution in [2.75, 3.05) is 13.7 Å². The second kappa shape index (κ2) is 6.55. The van der Waals surface area contributed by atoms with E-state index in [1.807, 2.05) is 42.5 Å². The summed E-state index contributed by atoms with van der Waals surface area (Å²) in [6.07, 6.45) is -0.705. The average molecular weight is 350 g/mol. The van der Waals surface area contributed by atoms with E-state index in [4.69, 9.17) is 9.47 Å². The van der Waals surface area contributed by atoms with Crippen LogP contribution in [0.2, 0.25) is 0 Å². The van der Waals surface area contributed by atoms with Crippen LogP contribution >= 0.6 is 0 Å². The smallest absolute Gasteiger partial charge is 0.267 e. The molecule has 4 rings (SSSR count). The Morgan fingerprint density at radius 1 is 1.15 bits per heavy atom. The van der Waals surface area contributed by atoms with E-state index in [1.54, 1.807) is 18.0 Å². The number of carbonyl (C=O) groups is 1. The molecule has 3 aromatic rings. The first-order valence-corrected chi connectivity index (χ1v) is 8.36. The zero-order valence-corrected chi connectivity index (χ0v) is 14.3. The van der Waals surface area contributed by atoms with Crippen LogP contribution in [0.5, 0.6) is 11.5 Å². The van der Waals surface area contributed by atoms with Crippen LogP contribution in [0.3, 0.4) is 0 Å². The summed E-state index contributed by atoms with van der Waals surface area (Å²) in [5.41, 5.74) is 1.35. The number of aromatic nitrogens is 1. The van der Waals surface area contributed by atoms with E-state index in [-0.39, 0.29) is 18.1 Å². The second-order valence-electron chi connectivity index (χ2n) is 6.26. The van der Waals surface area contributed by atoms with Gasteiger partial charge in [0.25, 0.3) is 5.91 Å². The molecule has 0 radical (unpaired) electrons. The number of para-hydroxylation sites is 3. The highest BCUT2D eigenvalue weighted by Crippen LogP contribution is 2.31. The van der Waals surface area contributed by atoms with Gasteiger partial charge >= 0.3 is 0 Å². The van der Waals surface area contributed by atoms with Crippen LogP contribution in [-0.4, -0.2) is 35.5 Å². The highest BCUT2D eigenvalue weighted by atomic mass is 16.6. The fourth-order valence-electron chi connectivity index (χ4n) is 3.13. The minimum Gasteiger partial charge on any atom is -0.485 e. The molecule has 0 fully saturated rings. The maximum Gasteiger partial charge on any atom is 0.267 e. The van der Waals surface area contributed by atoms with Crippen molar-refractivity contribution in [3.05, 3.63) is 70.5 Å². The van der Waals surface area contributed by atoms with E-state index in [9.17, 15) is 9.59 Å². The van der Waals surface area contributed by atoms with Crippen molar-refractivity contribution >= 4 is 16.8 Å². The number of ether oxygens (including phenoxy) is 2. The molecule has 132 valence electrons. The normalized spacial score (nSPS) is 15.7. The summed E-state index contributed by atoms with van der Waals surface area (Å²) in [6, 6.07) is 16.3. The Bertz CT molecular complexity index is 1030. The SMILES string of the molecule is CN(Cc1cc(=O)[nH]c2ccccc12)C(=O)[C@H]1COc2ccccc2O1. The summed E-state index contributed by atoms with van der Waals surface area (Å²) in [7, 11) is 1.70. The molecule has 0 aliphatic carbocycles. The minimum atomic E-state index is -0.705.